The molecule has 13 heteroatoms. The Morgan fingerprint density at radius 3 is 2.48 bits per heavy atom. The van der Waals surface area contributed by atoms with Crippen molar-refractivity contribution in [2.24, 2.45) is 5.92 Å². The van der Waals surface area contributed by atoms with Crippen molar-refractivity contribution in [3.63, 3.8) is 0 Å². The molecule has 0 saturated carbocycles. The topological polar surface area (TPSA) is 144 Å². The highest BCUT2D eigenvalue weighted by Crippen LogP contribution is 2.29. The minimum absolute atomic E-state index is 0.00141. The van der Waals surface area contributed by atoms with Crippen LogP contribution < -0.4 is 13.9 Å². The molecule has 2 aliphatic rings. The number of likely N-dealkylation sites (tertiary alicyclic amines) is 1. The number of hydrogen-bond acceptors (Lipinski definition) is 8. The maximum Gasteiger partial charge on any atom is 0.325 e. The normalized spacial score (nSPS) is 15.9. The van der Waals surface area contributed by atoms with Crippen molar-refractivity contribution in [3.05, 3.63) is 53.0 Å². The van der Waals surface area contributed by atoms with Crippen LogP contribution in [0.15, 0.2) is 30.3 Å². The van der Waals surface area contributed by atoms with E-state index in [1.54, 1.807) is 11.0 Å². The lowest BCUT2D eigenvalue weighted by Crippen LogP contribution is -2.47. The van der Waals surface area contributed by atoms with E-state index in [4.69, 9.17) is 4.98 Å². The van der Waals surface area contributed by atoms with Gasteiger partial charge in [-0.05, 0) is 56.0 Å². The summed E-state index contributed by atoms with van der Waals surface area (Å²) in [7, 11) is -2.95. The smallest absolute Gasteiger partial charge is 0.325 e. The summed E-state index contributed by atoms with van der Waals surface area (Å²) in [5, 5.41) is 9.93. The zero-order valence-electron chi connectivity index (χ0n) is 23.8. The number of rotatable bonds is 11. The van der Waals surface area contributed by atoms with Crippen molar-refractivity contribution in [2.45, 2.75) is 58.4 Å². The Hall–Kier alpha value is -4.05. The maximum absolute atomic E-state index is 13.2. The molecule has 42 heavy (non-hydrogen) atoms. The van der Waals surface area contributed by atoms with Gasteiger partial charge in [0.25, 0.3) is 0 Å². The monoisotopic (exact) mass is 598 g/mol. The number of benzene rings is 1. The molecule has 2 fully saturated rings. The molecular weight excluding hydrogens is 563 g/mol. The number of Topliss-reactive ketones (excluding diaryl/α,β-unsaturated/α-hetero) is 1. The lowest BCUT2D eigenvalue weighted by Gasteiger charge is -2.33. The Kier molecular flexibility index (Phi) is 9.78. The molecule has 2 saturated heterocycles. The molecule has 11 nitrogen and oxygen atoms in total. The Morgan fingerprint density at radius 2 is 1.88 bits per heavy atom. The van der Waals surface area contributed by atoms with Crippen molar-refractivity contribution < 1.29 is 27.2 Å². The van der Waals surface area contributed by atoms with E-state index in [0.29, 0.717) is 68.8 Å². The SMILES string of the molecule is CCCCC(=O)c1cc(C#N)c(N2CCC(C(=O)NS(=O)(=O)N(C)c3ccc(F)cc3)CC2)nc1CN1CCCC1=O. The molecule has 2 aliphatic heterocycles. The first-order chi connectivity index (χ1) is 20.0. The van der Waals surface area contributed by atoms with Crippen LogP contribution in [0.25, 0.3) is 0 Å². The third kappa shape index (κ3) is 7.05. The number of nitriles is 1. The summed E-state index contributed by atoms with van der Waals surface area (Å²) in [5.41, 5.74) is 1.24. The lowest BCUT2D eigenvalue weighted by atomic mass is 9.95. The molecule has 0 radical (unpaired) electrons. The molecule has 1 N–H and O–H groups in total. The Labute approximate surface area is 245 Å². The zero-order valence-corrected chi connectivity index (χ0v) is 24.6. The number of nitrogens with one attached hydrogen (secondary N) is 1. The number of pyridine rings is 1. The number of piperidine rings is 1. The zero-order chi connectivity index (χ0) is 30.4. The molecule has 0 aliphatic carbocycles. The number of carbonyl (C=O) groups is 3. The van der Waals surface area contributed by atoms with Gasteiger partial charge in [0.1, 0.15) is 17.7 Å². The Bertz CT molecular complexity index is 1480. The van der Waals surface area contributed by atoms with Gasteiger partial charge in [-0.25, -0.2) is 14.1 Å². The largest absolute Gasteiger partial charge is 0.355 e. The molecule has 224 valence electrons. The fourth-order valence-electron chi connectivity index (χ4n) is 5.17. The highest BCUT2D eigenvalue weighted by atomic mass is 32.2. The van der Waals surface area contributed by atoms with Crippen molar-refractivity contribution in [1.29, 1.82) is 5.26 Å². The highest BCUT2D eigenvalue weighted by molar-refractivity contribution is 7.91. The number of amides is 2. The van der Waals surface area contributed by atoms with Crippen LogP contribution in [0.2, 0.25) is 0 Å². The summed E-state index contributed by atoms with van der Waals surface area (Å²) < 4.78 is 41.8. The first-order valence-corrected chi connectivity index (χ1v) is 15.5. The molecule has 0 bridgehead atoms. The van der Waals surface area contributed by atoms with Crippen molar-refractivity contribution in [3.8, 4) is 6.07 Å². The van der Waals surface area contributed by atoms with Gasteiger partial charge in [-0.3, -0.25) is 18.7 Å². The van der Waals surface area contributed by atoms with E-state index >= 15 is 0 Å². The average Bonchev–Trinajstić information content (AvgIpc) is 3.39. The predicted octanol–water partition coefficient (Wildman–Crippen LogP) is 3.30. The van der Waals surface area contributed by atoms with E-state index in [9.17, 15) is 32.5 Å². The van der Waals surface area contributed by atoms with Gasteiger partial charge in [0, 0.05) is 51.0 Å². The summed E-state index contributed by atoms with van der Waals surface area (Å²) in [6, 6.07) is 8.57. The number of unbranched alkanes of at least 4 members (excludes halogenated alkanes) is 1. The number of ketones is 1. The second kappa shape index (κ2) is 13.3. The average molecular weight is 599 g/mol. The van der Waals surface area contributed by atoms with Crippen molar-refractivity contribution in [1.82, 2.24) is 14.6 Å². The highest BCUT2D eigenvalue weighted by Gasteiger charge is 2.32. The first kappa shape index (κ1) is 30.9. The molecule has 2 amide bonds. The summed E-state index contributed by atoms with van der Waals surface area (Å²) in [6.07, 6.45) is 3.68. The van der Waals surface area contributed by atoms with Crippen LogP contribution in [0.3, 0.4) is 0 Å². The van der Waals surface area contributed by atoms with Gasteiger partial charge in [0.2, 0.25) is 11.8 Å². The molecule has 0 spiro atoms. The van der Waals surface area contributed by atoms with E-state index in [0.717, 1.165) is 29.3 Å². The molecule has 3 heterocycles. The number of nitrogens with zero attached hydrogens (tertiary/aromatic N) is 5. The minimum Gasteiger partial charge on any atom is -0.355 e. The second-order valence-corrected chi connectivity index (χ2v) is 12.3. The van der Waals surface area contributed by atoms with Gasteiger partial charge >= 0.3 is 10.2 Å². The van der Waals surface area contributed by atoms with Gasteiger partial charge in [-0.1, -0.05) is 13.3 Å². The minimum atomic E-state index is -4.21. The van der Waals surface area contributed by atoms with Crippen molar-refractivity contribution >= 4 is 39.3 Å². The van der Waals surface area contributed by atoms with Crippen LogP contribution in [0.4, 0.5) is 15.9 Å². The molecular formula is C29H35FN6O5S. The fraction of sp³-hybridized carbons (Fsp3) is 0.483. The van der Waals surface area contributed by atoms with Gasteiger partial charge in [0.05, 0.1) is 23.5 Å². The molecule has 4 rings (SSSR count). The third-order valence-corrected chi connectivity index (χ3v) is 9.11. The maximum atomic E-state index is 13.2. The third-order valence-electron chi connectivity index (χ3n) is 7.72. The van der Waals surface area contributed by atoms with E-state index < -0.39 is 27.9 Å². The predicted molar refractivity (Wildman–Crippen MR) is 154 cm³/mol. The fourth-order valence-corrected chi connectivity index (χ4v) is 6.13. The quantitative estimate of drug-likeness (QED) is 0.388. The molecule has 1 aromatic heterocycles. The van der Waals surface area contributed by atoms with E-state index in [1.165, 1.54) is 19.2 Å². The van der Waals surface area contributed by atoms with E-state index in [1.807, 2.05) is 11.8 Å². The van der Waals surface area contributed by atoms with Crippen LogP contribution >= 0.6 is 0 Å². The van der Waals surface area contributed by atoms with Crippen LogP contribution in [0.1, 0.15) is 73.5 Å². The van der Waals surface area contributed by atoms with E-state index in [-0.39, 0.29) is 29.5 Å². The van der Waals surface area contributed by atoms with Crippen LogP contribution in [0, 0.1) is 23.1 Å². The second-order valence-electron chi connectivity index (χ2n) is 10.6. The number of aromatic nitrogens is 1. The molecule has 2 aromatic rings. The van der Waals surface area contributed by atoms with Gasteiger partial charge in [0.15, 0.2) is 5.78 Å². The standard InChI is InChI=1S/C29H35FN6O5S/c1-3-4-6-26(37)24-17-21(18-31)28(32-25(24)19-36-14-5-7-27(36)38)35-15-12-20(13-16-35)29(39)33-42(40,41)34(2)23-10-8-22(30)9-11-23/h8-11,17,20H,3-7,12-16,19H2,1-2H3,(H,33,39). The van der Waals surface area contributed by atoms with E-state index in [2.05, 4.69) is 10.8 Å². The van der Waals surface area contributed by atoms with Gasteiger partial charge < -0.3 is 9.80 Å². The van der Waals surface area contributed by atoms with Gasteiger partial charge in [-0.2, -0.15) is 13.7 Å². The number of halogens is 1. The summed E-state index contributed by atoms with van der Waals surface area (Å²) >= 11 is 0. The molecule has 0 atom stereocenters. The van der Waals surface area contributed by atoms with Crippen LogP contribution in [-0.2, 0) is 26.3 Å². The van der Waals surface area contributed by atoms with Crippen LogP contribution in [-0.4, -0.2) is 62.6 Å². The van der Waals surface area contributed by atoms with Crippen LogP contribution in [0.5, 0.6) is 0 Å². The summed E-state index contributed by atoms with van der Waals surface area (Å²) in [5.74, 6) is -1.49. The Balaban J connectivity index is 1.48. The molecule has 0 unspecified atom stereocenters. The number of carbonyl (C=O) groups excluding carboxylic acids is 3. The van der Waals surface area contributed by atoms with Crippen molar-refractivity contribution in [2.75, 3.05) is 35.9 Å². The molecule has 1 aromatic carbocycles. The summed E-state index contributed by atoms with van der Waals surface area (Å²) in [6.45, 7) is 3.42. The Morgan fingerprint density at radius 1 is 1.19 bits per heavy atom. The number of hydrogen-bond donors (Lipinski definition) is 1. The first-order valence-electron chi connectivity index (χ1n) is 14.1. The lowest BCUT2D eigenvalue weighted by molar-refractivity contribution is -0.128. The number of anilines is 2. The van der Waals surface area contributed by atoms with Gasteiger partial charge in [-0.15, -0.1) is 0 Å². The summed E-state index contributed by atoms with van der Waals surface area (Å²) in [4.78, 5) is 46.6.